The second-order valence-electron chi connectivity index (χ2n) is 6.84. The Balaban J connectivity index is 1.68. The number of aromatic nitrogens is 1. The predicted molar refractivity (Wildman–Crippen MR) is 108 cm³/mol. The number of aliphatic hydroxyl groups is 1. The van der Waals surface area contributed by atoms with Crippen molar-refractivity contribution in [2.75, 3.05) is 0 Å². The Morgan fingerprint density at radius 3 is 2.69 bits per heavy atom. The average molecular weight is 411 g/mol. The van der Waals surface area contributed by atoms with Gasteiger partial charge < -0.3 is 10.1 Å². The van der Waals surface area contributed by atoms with Crippen LogP contribution in [0.2, 0.25) is 0 Å². The summed E-state index contributed by atoms with van der Waals surface area (Å²) in [5, 5.41) is 14.0. The van der Waals surface area contributed by atoms with Crippen LogP contribution in [0.5, 0.6) is 0 Å². The molecule has 4 rings (SSSR count). The molecule has 1 aliphatic rings. The third kappa shape index (κ3) is 2.95. The number of aliphatic hydroxyl groups excluding tert-OH is 1. The zero-order valence-electron chi connectivity index (χ0n) is 14.4. The summed E-state index contributed by atoms with van der Waals surface area (Å²) < 4.78 is 1.07. The molecule has 0 aliphatic heterocycles. The fourth-order valence-corrected chi connectivity index (χ4v) is 4.20. The van der Waals surface area contributed by atoms with E-state index in [0.29, 0.717) is 6.54 Å². The molecule has 26 heavy (non-hydrogen) atoms. The van der Waals surface area contributed by atoms with E-state index < -0.39 is 5.66 Å². The topological polar surface area (TPSA) is 52.4 Å². The molecule has 1 atom stereocenters. The maximum atomic E-state index is 9.18. The molecule has 3 N–H and O–H groups in total. The summed E-state index contributed by atoms with van der Waals surface area (Å²) in [5.41, 5.74) is 4.93. The van der Waals surface area contributed by atoms with E-state index in [9.17, 15) is 5.11 Å². The second-order valence-corrected chi connectivity index (χ2v) is 7.76. The molecular formula is C21H21BrN3O+. The van der Waals surface area contributed by atoms with Gasteiger partial charge in [0.25, 0.3) is 6.57 Å². The Morgan fingerprint density at radius 2 is 1.96 bits per heavy atom. The molecule has 0 fully saturated rings. The van der Waals surface area contributed by atoms with Crippen LogP contribution in [0.3, 0.4) is 0 Å². The van der Waals surface area contributed by atoms with Crippen LogP contribution in [0, 0.1) is 6.57 Å². The molecule has 3 aromatic rings. The summed E-state index contributed by atoms with van der Waals surface area (Å²) in [4.78, 5) is 7.84. The quantitative estimate of drug-likeness (QED) is 0.585. The highest BCUT2D eigenvalue weighted by Gasteiger charge is 2.48. The second kappa shape index (κ2) is 6.88. The van der Waals surface area contributed by atoms with Crippen LogP contribution in [-0.4, -0.2) is 10.1 Å². The first-order valence-corrected chi connectivity index (χ1v) is 9.61. The summed E-state index contributed by atoms with van der Waals surface area (Å²) in [6.07, 6.45) is 2.92. The molecule has 5 heteroatoms. The Bertz CT molecular complexity index is 987. The van der Waals surface area contributed by atoms with Gasteiger partial charge in [0, 0.05) is 21.9 Å². The number of benzene rings is 2. The smallest absolute Gasteiger partial charge is 0.375 e. The predicted octanol–water partition coefficient (Wildman–Crippen LogP) is 4.66. The molecule has 4 nitrogen and oxygen atoms in total. The molecular weight excluding hydrogens is 390 g/mol. The van der Waals surface area contributed by atoms with Crippen molar-refractivity contribution in [2.24, 2.45) is 0 Å². The first-order chi connectivity index (χ1) is 12.6. The van der Waals surface area contributed by atoms with Crippen molar-refractivity contribution < 1.29 is 5.11 Å². The van der Waals surface area contributed by atoms with Crippen molar-refractivity contribution in [3.05, 3.63) is 74.2 Å². The number of nitrogens with zero attached hydrogens (tertiary/aromatic N) is 1. The van der Waals surface area contributed by atoms with Crippen molar-refractivity contribution in [2.45, 2.75) is 38.1 Å². The van der Waals surface area contributed by atoms with Gasteiger partial charge in [0.15, 0.2) is 0 Å². The maximum Gasteiger partial charge on any atom is 0.375 e. The van der Waals surface area contributed by atoms with Crippen molar-refractivity contribution >= 4 is 26.8 Å². The molecule has 0 amide bonds. The van der Waals surface area contributed by atoms with E-state index in [4.69, 9.17) is 6.57 Å². The number of H-pyrrole nitrogens is 1. The maximum absolute atomic E-state index is 9.18. The lowest BCUT2D eigenvalue weighted by Gasteiger charge is -2.24. The summed E-state index contributed by atoms with van der Waals surface area (Å²) in [7, 11) is 0. The van der Waals surface area contributed by atoms with Gasteiger partial charge in [0.05, 0.1) is 13.0 Å². The molecule has 0 spiro atoms. The summed E-state index contributed by atoms with van der Waals surface area (Å²) >= 11 is 3.57. The number of aryl methyl sites for hydroxylation is 1. The van der Waals surface area contributed by atoms with Crippen LogP contribution in [-0.2, 0) is 25.2 Å². The van der Waals surface area contributed by atoms with E-state index in [1.165, 1.54) is 10.9 Å². The van der Waals surface area contributed by atoms with Crippen LogP contribution in [0.25, 0.3) is 15.7 Å². The Hall–Kier alpha value is -2.13. The lowest BCUT2D eigenvalue weighted by Crippen LogP contribution is -2.42. The molecule has 132 valence electrons. The van der Waals surface area contributed by atoms with Crippen molar-refractivity contribution in [1.82, 2.24) is 10.3 Å². The molecule has 0 saturated carbocycles. The molecule has 0 radical (unpaired) electrons. The van der Waals surface area contributed by atoms with Crippen LogP contribution in [0.15, 0.2) is 46.9 Å². The molecule has 1 aliphatic carbocycles. The number of halogens is 1. The Morgan fingerprint density at radius 1 is 1.19 bits per heavy atom. The van der Waals surface area contributed by atoms with Gasteiger partial charge in [-0.1, -0.05) is 45.0 Å². The summed E-state index contributed by atoms with van der Waals surface area (Å²) in [6.45, 7) is 6.63. The molecule has 2 aromatic carbocycles. The van der Waals surface area contributed by atoms with Gasteiger partial charge in [-0.05, 0) is 47.7 Å². The van der Waals surface area contributed by atoms with Gasteiger partial charge in [-0.25, -0.2) is 5.32 Å². The number of fused-ring (bicyclic) bond motifs is 3. The molecule has 0 unspecified atom stereocenters. The summed E-state index contributed by atoms with van der Waals surface area (Å²) in [5.74, 6) is 0. The van der Waals surface area contributed by atoms with Gasteiger partial charge in [-0.3, -0.25) is 0 Å². The third-order valence-electron chi connectivity index (χ3n) is 5.26. The lowest BCUT2D eigenvalue weighted by atomic mass is 9.86. The minimum atomic E-state index is -0.602. The normalized spacial score (nSPS) is 19.3. The Labute approximate surface area is 161 Å². The van der Waals surface area contributed by atoms with E-state index >= 15 is 0 Å². The van der Waals surface area contributed by atoms with E-state index in [1.807, 2.05) is 30.3 Å². The highest BCUT2D eigenvalue weighted by Crippen LogP contribution is 2.40. The van der Waals surface area contributed by atoms with E-state index in [1.54, 1.807) is 0 Å². The zero-order chi connectivity index (χ0) is 18.1. The van der Waals surface area contributed by atoms with Gasteiger partial charge in [-0.2, -0.15) is 0 Å². The van der Waals surface area contributed by atoms with Crippen LogP contribution in [0.1, 0.15) is 35.2 Å². The van der Waals surface area contributed by atoms with E-state index in [0.717, 1.165) is 46.1 Å². The van der Waals surface area contributed by atoms with Crippen LogP contribution < -0.4 is 5.32 Å². The first kappa shape index (κ1) is 17.3. The average Bonchev–Trinajstić information content (AvgIpc) is 3.05. The van der Waals surface area contributed by atoms with Gasteiger partial charge in [0.2, 0.25) is 0 Å². The minimum absolute atomic E-state index is 0.0593. The minimum Gasteiger partial charge on any atom is -0.392 e. The number of hydrogen-bond acceptors (Lipinski definition) is 2. The van der Waals surface area contributed by atoms with E-state index in [2.05, 4.69) is 43.2 Å². The molecule has 0 bridgehead atoms. The monoisotopic (exact) mass is 410 g/mol. The van der Waals surface area contributed by atoms with Gasteiger partial charge >= 0.3 is 5.66 Å². The van der Waals surface area contributed by atoms with Crippen LogP contribution >= 0.6 is 15.9 Å². The first-order valence-electron chi connectivity index (χ1n) is 8.81. The lowest BCUT2D eigenvalue weighted by molar-refractivity contribution is 0.282. The summed E-state index contributed by atoms with van der Waals surface area (Å²) in [6, 6.07) is 14.2. The van der Waals surface area contributed by atoms with E-state index in [-0.39, 0.29) is 6.61 Å². The molecule has 1 heterocycles. The third-order valence-corrected chi connectivity index (χ3v) is 5.75. The highest BCUT2D eigenvalue weighted by atomic mass is 79.9. The fraction of sp³-hybridized carbons (Fsp3) is 0.286. The molecule has 1 aromatic heterocycles. The van der Waals surface area contributed by atoms with Crippen molar-refractivity contribution in [3.63, 3.8) is 0 Å². The van der Waals surface area contributed by atoms with Gasteiger partial charge in [0.1, 0.15) is 5.69 Å². The largest absolute Gasteiger partial charge is 0.392 e. The van der Waals surface area contributed by atoms with Crippen LogP contribution in [0.4, 0.5) is 0 Å². The van der Waals surface area contributed by atoms with Gasteiger partial charge in [-0.15, -0.1) is 0 Å². The number of nitrogens with one attached hydrogen (secondary N) is 2. The van der Waals surface area contributed by atoms with Crippen molar-refractivity contribution in [1.29, 1.82) is 0 Å². The highest BCUT2D eigenvalue weighted by molar-refractivity contribution is 9.10. The number of rotatable bonds is 4. The zero-order valence-corrected chi connectivity index (χ0v) is 16.0. The SMILES string of the molecule is C#[N+][C@@]1(NCc2ccc(CO)cc2)CCCc2c1[nH]c1ccc(Br)cc21. The molecule has 0 saturated heterocycles. The van der Waals surface area contributed by atoms with Crippen molar-refractivity contribution in [3.8, 4) is 6.57 Å². The number of aromatic amines is 1. The standard InChI is InChI=1S/C21H21BrN3O/c1-23-21(24-12-14-4-6-15(13-26)7-5-14)10-2-3-17-18-11-16(22)8-9-19(18)25-20(17)21/h1,4-9,11,24-26H,2-3,10,12-13H2/q+1/t21-/m1/s1. The number of hydrogen-bond donors (Lipinski definition) is 3. The Kier molecular flexibility index (Phi) is 4.58. The fourth-order valence-electron chi connectivity index (χ4n) is 3.84.